The van der Waals surface area contributed by atoms with Crippen LogP contribution in [0, 0.1) is 11.8 Å². The Morgan fingerprint density at radius 3 is 0.654 bits per heavy atom. The van der Waals surface area contributed by atoms with Gasteiger partial charge in [0.1, 0.15) is 19.3 Å². The lowest BCUT2D eigenvalue weighted by molar-refractivity contribution is -0.161. The van der Waals surface area contributed by atoms with Gasteiger partial charge in [0.15, 0.2) is 12.2 Å². The second-order valence-corrected chi connectivity index (χ2v) is 34.4. The molecule has 0 rings (SSSR count). The summed E-state index contributed by atoms with van der Waals surface area (Å²) >= 11 is 0. The Morgan fingerprint density at radius 2 is 0.442 bits per heavy atom. The average Bonchev–Trinajstić information content (AvgIpc) is 0.932. The van der Waals surface area contributed by atoms with Gasteiger partial charge < -0.3 is 33.8 Å². The van der Waals surface area contributed by atoms with Gasteiger partial charge in [-0.25, -0.2) is 9.13 Å². The van der Waals surface area contributed by atoms with Crippen LogP contribution >= 0.6 is 15.6 Å². The molecule has 5 atom stereocenters. The fourth-order valence-electron chi connectivity index (χ4n) is 13.2. The molecular weight excluding hydrogens is 1350 g/mol. The first-order valence-electron chi connectivity index (χ1n) is 44.0. The summed E-state index contributed by atoms with van der Waals surface area (Å²) in [4.78, 5) is 73.2. The molecule has 2 unspecified atom stereocenters. The Bertz CT molecular complexity index is 1990. The minimum atomic E-state index is -4.97. The molecule has 19 heteroatoms. The molecule has 0 aromatic carbocycles. The van der Waals surface area contributed by atoms with Gasteiger partial charge in [-0.3, -0.25) is 37.3 Å². The number of hydrogen-bond acceptors (Lipinski definition) is 15. The highest BCUT2D eigenvalue weighted by molar-refractivity contribution is 7.47. The second kappa shape index (κ2) is 76.4. The summed E-state index contributed by atoms with van der Waals surface area (Å²) in [7, 11) is -9.93. The van der Waals surface area contributed by atoms with E-state index in [1.54, 1.807) is 0 Å². The summed E-state index contributed by atoms with van der Waals surface area (Å²) in [6, 6.07) is 0. The van der Waals surface area contributed by atoms with Gasteiger partial charge in [-0.1, -0.05) is 401 Å². The van der Waals surface area contributed by atoms with Crippen LogP contribution in [-0.2, 0) is 65.4 Å². The van der Waals surface area contributed by atoms with E-state index in [9.17, 15) is 43.2 Å². The quantitative estimate of drug-likeness (QED) is 0.0222. The minimum Gasteiger partial charge on any atom is -0.462 e. The van der Waals surface area contributed by atoms with E-state index in [4.69, 9.17) is 37.0 Å². The van der Waals surface area contributed by atoms with Gasteiger partial charge in [-0.2, -0.15) is 0 Å². The lowest BCUT2D eigenvalue weighted by Crippen LogP contribution is -2.30. The molecule has 0 saturated heterocycles. The fraction of sp³-hybridized carbons (Fsp3) is 0.953. The van der Waals surface area contributed by atoms with Crippen molar-refractivity contribution in [3.8, 4) is 0 Å². The number of carbonyl (C=O) groups is 4. The monoisotopic (exact) mass is 1520 g/mol. The molecule has 0 aliphatic heterocycles. The molecule has 0 spiro atoms. The highest BCUT2D eigenvalue weighted by Gasteiger charge is 2.30. The maximum Gasteiger partial charge on any atom is 0.472 e. The van der Waals surface area contributed by atoms with Crippen LogP contribution in [-0.4, -0.2) is 96.7 Å². The third-order valence-corrected chi connectivity index (χ3v) is 21.9. The van der Waals surface area contributed by atoms with Crippen LogP contribution in [0.2, 0.25) is 0 Å². The third-order valence-electron chi connectivity index (χ3n) is 20.0. The zero-order chi connectivity index (χ0) is 76.4. The zero-order valence-corrected chi connectivity index (χ0v) is 70.1. The summed E-state index contributed by atoms with van der Waals surface area (Å²) in [6.45, 7) is 9.67. The van der Waals surface area contributed by atoms with E-state index in [-0.39, 0.29) is 25.7 Å². The van der Waals surface area contributed by atoms with E-state index in [0.717, 1.165) is 102 Å². The Hall–Kier alpha value is -1.94. The van der Waals surface area contributed by atoms with Gasteiger partial charge in [-0.05, 0) is 37.5 Å². The Kier molecular flexibility index (Phi) is 75.0. The number of esters is 4. The highest BCUT2D eigenvalue weighted by Crippen LogP contribution is 2.45. The number of hydrogen-bond donors (Lipinski definition) is 3. The van der Waals surface area contributed by atoms with E-state index in [1.807, 2.05) is 0 Å². The molecule has 0 aliphatic carbocycles. The number of rotatable bonds is 84. The molecule has 0 aliphatic rings. The van der Waals surface area contributed by atoms with Crippen LogP contribution in [0.5, 0.6) is 0 Å². The molecule has 104 heavy (non-hydrogen) atoms. The number of ether oxygens (including phenoxy) is 4. The van der Waals surface area contributed by atoms with Crippen LogP contribution in [0.3, 0.4) is 0 Å². The van der Waals surface area contributed by atoms with Crippen LogP contribution in [0.15, 0.2) is 0 Å². The molecule has 0 amide bonds. The minimum absolute atomic E-state index is 0.108. The van der Waals surface area contributed by atoms with Crippen molar-refractivity contribution < 1.29 is 80.2 Å². The third kappa shape index (κ3) is 78.2. The zero-order valence-electron chi connectivity index (χ0n) is 68.3. The predicted molar refractivity (Wildman–Crippen MR) is 428 cm³/mol. The maximum absolute atomic E-state index is 13.1. The van der Waals surface area contributed by atoms with Crippen molar-refractivity contribution in [3.05, 3.63) is 0 Å². The number of aliphatic hydroxyl groups is 1. The van der Waals surface area contributed by atoms with Crippen LogP contribution in [0.1, 0.15) is 452 Å². The van der Waals surface area contributed by atoms with E-state index in [0.29, 0.717) is 25.7 Å². The molecule has 0 bridgehead atoms. The summed E-state index contributed by atoms with van der Waals surface area (Å²) < 4.78 is 68.9. The van der Waals surface area contributed by atoms with E-state index in [1.165, 1.54) is 270 Å². The van der Waals surface area contributed by atoms with Crippen LogP contribution in [0.4, 0.5) is 0 Å². The number of phosphoric ester groups is 2. The van der Waals surface area contributed by atoms with Gasteiger partial charge in [0.05, 0.1) is 26.4 Å². The van der Waals surface area contributed by atoms with Gasteiger partial charge in [-0.15, -0.1) is 0 Å². The average molecular weight is 1520 g/mol. The summed E-state index contributed by atoms with van der Waals surface area (Å²) in [5, 5.41) is 10.7. The van der Waals surface area contributed by atoms with Gasteiger partial charge >= 0.3 is 39.5 Å². The van der Waals surface area contributed by atoms with Gasteiger partial charge in [0.2, 0.25) is 0 Å². The van der Waals surface area contributed by atoms with Crippen LogP contribution < -0.4 is 0 Å². The van der Waals surface area contributed by atoms with Crippen LogP contribution in [0.25, 0.3) is 0 Å². The first-order chi connectivity index (χ1) is 50.4. The Balaban J connectivity index is 5.25. The molecule has 0 fully saturated rings. The van der Waals surface area contributed by atoms with Crippen molar-refractivity contribution >= 4 is 39.5 Å². The SMILES string of the molecule is CCCCCCCCCCCCCCCCCCCCC(=O)OC[C@H](COP(=O)(O)OC[C@@H](O)COP(=O)(O)OC[C@@H](COC(=O)CCCCCCCCCCC(C)C)OC(=O)CCCCCCCCCCCCCCCCCC)OC(=O)CCCCCCCCCCCCCCCCCCC(C)C. The first-order valence-corrected chi connectivity index (χ1v) is 47.0. The summed E-state index contributed by atoms with van der Waals surface area (Å²) in [5.74, 6) is -0.567. The predicted octanol–water partition coefficient (Wildman–Crippen LogP) is 25.8. The smallest absolute Gasteiger partial charge is 0.462 e. The Labute approximate surface area is 638 Å². The lowest BCUT2D eigenvalue weighted by atomic mass is 10.0. The highest BCUT2D eigenvalue weighted by atomic mass is 31.2. The molecule has 3 N–H and O–H groups in total. The molecule has 0 aromatic heterocycles. The number of unbranched alkanes of at least 4 members (excludes halogenated alkanes) is 54. The molecule has 0 saturated carbocycles. The standard InChI is InChI=1S/C85H166O17P2/c1-7-9-11-13-15-17-19-21-23-25-26-31-34-38-42-49-55-61-67-82(87)95-73-80(101-84(89)70-64-58-52-44-40-36-32-28-27-29-33-37-41-47-53-59-65-77(3)4)75-99-103(91,92)97-71-79(86)72-98-104(93,94)100-76-81(74-96-83(88)68-62-56-50-46-45-48-54-60-66-78(5)6)102-85(90)69-63-57-51-43-39-35-30-24-22-20-18-16-14-12-10-8-2/h77-81,86H,7-76H2,1-6H3,(H,91,92)(H,93,94)/t79-,80-,81-/m1/s1. The second-order valence-electron chi connectivity index (χ2n) is 31.5. The molecule has 0 heterocycles. The molecule has 17 nitrogen and oxygen atoms in total. The first kappa shape index (κ1) is 102. The fourth-order valence-corrected chi connectivity index (χ4v) is 14.8. The van der Waals surface area contributed by atoms with Crippen molar-refractivity contribution in [2.24, 2.45) is 11.8 Å². The molecular formula is C85H166O17P2. The van der Waals surface area contributed by atoms with Crippen molar-refractivity contribution in [2.75, 3.05) is 39.6 Å². The van der Waals surface area contributed by atoms with Crippen molar-refractivity contribution in [1.82, 2.24) is 0 Å². The maximum atomic E-state index is 13.1. The number of phosphoric acid groups is 2. The molecule has 0 radical (unpaired) electrons. The largest absolute Gasteiger partial charge is 0.472 e. The van der Waals surface area contributed by atoms with E-state index < -0.39 is 97.5 Å². The van der Waals surface area contributed by atoms with Crippen molar-refractivity contribution in [1.29, 1.82) is 0 Å². The van der Waals surface area contributed by atoms with Crippen molar-refractivity contribution in [2.45, 2.75) is 471 Å². The topological polar surface area (TPSA) is 237 Å². The van der Waals surface area contributed by atoms with Gasteiger partial charge in [0, 0.05) is 25.7 Å². The Morgan fingerprint density at radius 1 is 0.260 bits per heavy atom. The van der Waals surface area contributed by atoms with E-state index in [2.05, 4.69) is 41.5 Å². The summed E-state index contributed by atoms with van der Waals surface area (Å²) in [5.41, 5.74) is 0. The van der Waals surface area contributed by atoms with Gasteiger partial charge in [0.25, 0.3) is 0 Å². The number of aliphatic hydroxyl groups excluding tert-OH is 1. The van der Waals surface area contributed by atoms with Crippen molar-refractivity contribution in [3.63, 3.8) is 0 Å². The number of carbonyl (C=O) groups excluding carboxylic acids is 4. The van der Waals surface area contributed by atoms with E-state index >= 15 is 0 Å². The molecule has 0 aromatic rings. The normalized spacial score (nSPS) is 13.8. The molecule has 618 valence electrons. The summed E-state index contributed by atoms with van der Waals surface area (Å²) in [6.07, 6.45) is 68.0. The lowest BCUT2D eigenvalue weighted by Gasteiger charge is -2.21.